The van der Waals surface area contributed by atoms with Gasteiger partial charge in [0.05, 0.1) is 0 Å². The van der Waals surface area contributed by atoms with Crippen molar-refractivity contribution < 1.29 is 5.11 Å². The van der Waals surface area contributed by atoms with E-state index >= 15 is 0 Å². The summed E-state index contributed by atoms with van der Waals surface area (Å²) in [5, 5.41) is 9.32. The fourth-order valence-corrected chi connectivity index (χ4v) is 1.27. The zero-order chi connectivity index (χ0) is 10.0. The highest BCUT2D eigenvalue weighted by Crippen LogP contribution is 2.23. The Hall–Kier alpha value is -1.02. The molecule has 1 unspecified atom stereocenters. The van der Waals surface area contributed by atoms with E-state index in [9.17, 15) is 5.11 Å². The lowest BCUT2D eigenvalue weighted by Gasteiger charge is -2.16. The molecule has 1 atom stereocenters. The molecule has 1 aromatic carbocycles. The maximum Gasteiger partial charge on any atom is 0.118 e. The van der Waals surface area contributed by atoms with Gasteiger partial charge in [-0.05, 0) is 30.0 Å². The van der Waals surface area contributed by atoms with Crippen LogP contribution in [0, 0.1) is 12.8 Å². The van der Waals surface area contributed by atoms with Gasteiger partial charge >= 0.3 is 0 Å². The van der Waals surface area contributed by atoms with Crippen LogP contribution in [0.3, 0.4) is 0 Å². The summed E-state index contributed by atoms with van der Waals surface area (Å²) in [6.07, 6.45) is 0. The largest absolute Gasteiger partial charge is 0.508 e. The second-order valence-corrected chi connectivity index (χ2v) is 3.82. The average Bonchev–Trinajstić information content (AvgIpc) is 2.08. The van der Waals surface area contributed by atoms with E-state index in [1.807, 2.05) is 19.1 Å². The minimum absolute atomic E-state index is 0.0549. The average molecular weight is 179 g/mol. The highest BCUT2D eigenvalue weighted by Gasteiger charge is 2.10. The maximum atomic E-state index is 9.32. The van der Waals surface area contributed by atoms with Gasteiger partial charge in [-0.1, -0.05) is 26.0 Å². The Kier molecular flexibility index (Phi) is 2.94. The standard InChI is InChI=1S/C11H17NO/c1-7(2)11(12)9-4-5-10(13)8(3)6-9/h4-7,11,13H,12H2,1-3H3. The first kappa shape index (κ1) is 10.1. The number of aryl methyl sites for hydroxylation is 1. The van der Waals surface area contributed by atoms with E-state index in [1.165, 1.54) is 0 Å². The Morgan fingerprint density at radius 1 is 1.31 bits per heavy atom. The van der Waals surface area contributed by atoms with Crippen molar-refractivity contribution in [3.63, 3.8) is 0 Å². The SMILES string of the molecule is Cc1cc(C(N)C(C)C)ccc1O. The summed E-state index contributed by atoms with van der Waals surface area (Å²) in [5.41, 5.74) is 7.95. The molecule has 1 aromatic rings. The van der Waals surface area contributed by atoms with Gasteiger partial charge in [0.25, 0.3) is 0 Å². The van der Waals surface area contributed by atoms with E-state index in [1.54, 1.807) is 6.07 Å². The van der Waals surface area contributed by atoms with Crippen LogP contribution < -0.4 is 5.73 Å². The molecule has 0 radical (unpaired) electrons. The van der Waals surface area contributed by atoms with Gasteiger partial charge in [-0.2, -0.15) is 0 Å². The summed E-state index contributed by atoms with van der Waals surface area (Å²) in [4.78, 5) is 0. The molecule has 0 saturated heterocycles. The first-order chi connectivity index (χ1) is 6.02. The van der Waals surface area contributed by atoms with Crippen LogP contribution in [0.1, 0.15) is 31.0 Å². The first-order valence-corrected chi connectivity index (χ1v) is 4.57. The van der Waals surface area contributed by atoms with Crippen molar-refractivity contribution in [1.29, 1.82) is 0 Å². The smallest absolute Gasteiger partial charge is 0.118 e. The van der Waals surface area contributed by atoms with E-state index in [0.29, 0.717) is 11.7 Å². The van der Waals surface area contributed by atoms with Crippen LogP contribution in [0.4, 0.5) is 0 Å². The monoisotopic (exact) mass is 179 g/mol. The fraction of sp³-hybridized carbons (Fsp3) is 0.455. The number of aromatic hydroxyl groups is 1. The summed E-state index contributed by atoms with van der Waals surface area (Å²) in [6.45, 7) is 6.06. The normalized spacial score (nSPS) is 13.3. The predicted molar refractivity (Wildman–Crippen MR) is 54.6 cm³/mol. The van der Waals surface area contributed by atoms with Crippen molar-refractivity contribution in [1.82, 2.24) is 0 Å². The Morgan fingerprint density at radius 3 is 2.38 bits per heavy atom. The van der Waals surface area contributed by atoms with Crippen molar-refractivity contribution >= 4 is 0 Å². The van der Waals surface area contributed by atoms with Crippen LogP contribution in [0.25, 0.3) is 0 Å². The van der Waals surface area contributed by atoms with Gasteiger partial charge in [-0.3, -0.25) is 0 Å². The van der Waals surface area contributed by atoms with Crippen molar-refractivity contribution in [2.45, 2.75) is 26.8 Å². The molecule has 1 rings (SSSR count). The molecule has 0 bridgehead atoms. The third-order valence-electron chi connectivity index (χ3n) is 2.32. The molecular weight excluding hydrogens is 162 g/mol. The minimum atomic E-state index is 0.0549. The van der Waals surface area contributed by atoms with Crippen molar-refractivity contribution in [2.24, 2.45) is 11.7 Å². The molecule has 0 amide bonds. The summed E-state index contributed by atoms with van der Waals surface area (Å²) in [6, 6.07) is 5.58. The molecule has 0 aliphatic heterocycles. The van der Waals surface area contributed by atoms with Crippen LogP contribution in [0.5, 0.6) is 5.75 Å². The number of rotatable bonds is 2. The van der Waals surface area contributed by atoms with Gasteiger partial charge in [-0.15, -0.1) is 0 Å². The van der Waals surface area contributed by atoms with Crippen LogP contribution in [0.15, 0.2) is 18.2 Å². The Morgan fingerprint density at radius 2 is 1.92 bits per heavy atom. The molecule has 0 spiro atoms. The molecule has 3 N–H and O–H groups in total. The van der Waals surface area contributed by atoms with Crippen molar-refractivity contribution in [3.05, 3.63) is 29.3 Å². The third-order valence-corrected chi connectivity index (χ3v) is 2.32. The lowest BCUT2D eigenvalue weighted by atomic mass is 9.96. The van der Waals surface area contributed by atoms with Gasteiger partial charge in [0, 0.05) is 6.04 Å². The number of phenols is 1. The van der Waals surface area contributed by atoms with E-state index in [0.717, 1.165) is 11.1 Å². The number of benzene rings is 1. The highest BCUT2D eigenvalue weighted by atomic mass is 16.3. The molecule has 2 nitrogen and oxygen atoms in total. The maximum absolute atomic E-state index is 9.32. The quantitative estimate of drug-likeness (QED) is 0.732. The molecule has 2 heteroatoms. The lowest BCUT2D eigenvalue weighted by molar-refractivity contribution is 0.468. The van der Waals surface area contributed by atoms with Crippen LogP contribution in [-0.2, 0) is 0 Å². The Labute approximate surface area is 79.4 Å². The second-order valence-electron chi connectivity index (χ2n) is 3.82. The van der Waals surface area contributed by atoms with Crippen LogP contribution in [0.2, 0.25) is 0 Å². The van der Waals surface area contributed by atoms with Gasteiger partial charge in [0.1, 0.15) is 5.75 Å². The summed E-state index contributed by atoms with van der Waals surface area (Å²) < 4.78 is 0. The molecule has 0 heterocycles. The van der Waals surface area contributed by atoms with Crippen LogP contribution in [-0.4, -0.2) is 5.11 Å². The topological polar surface area (TPSA) is 46.2 Å². The van der Waals surface area contributed by atoms with Crippen molar-refractivity contribution in [2.75, 3.05) is 0 Å². The van der Waals surface area contributed by atoms with Gasteiger partial charge in [0.2, 0.25) is 0 Å². The molecule has 0 aliphatic carbocycles. The fourth-order valence-electron chi connectivity index (χ4n) is 1.27. The second kappa shape index (κ2) is 3.79. The molecule has 0 aromatic heterocycles. The molecule has 0 fully saturated rings. The predicted octanol–water partition coefficient (Wildman–Crippen LogP) is 2.36. The number of nitrogens with two attached hydrogens (primary N) is 1. The molecule has 0 aliphatic rings. The van der Waals surface area contributed by atoms with E-state index in [2.05, 4.69) is 13.8 Å². The van der Waals surface area contributed by atoms with Gasteiger partial charge in [0.15, 0.2) is 0 Å². The van der Waals surface area contributed by atoms with Gasteiger partial charge < -0.3 is 10.8 Å². The number of phenolic OH excluding ortho intramolecular Hbond substituents is 1. The van der Waals surface area contributed by atoms with E-state index in [-0.39, 0.29) is 6.04 Å². The number of hydrogen-bond donors (Lipinski definition) is 2. The summed E-state index contributed by atoms with van der Waals surface area (Å²) in [7, 11) is 0. The third kappa shape index (κ3) is 2.22. The Bertz CT molecular complexity index is 294. The zero-order valence-electron chi connectivity index (χ0n) is 8.41. The zero-order valence-corrected chi connectivity index (χ0v) is 8.41. The summed E-state index contributed by atoms with van der Waals surface area (Å²) >= 11 is 0. The number of hydrogen-bond acceptors (Lipinski definition) is 2. The highest BCUT2D eigenvalue weighted by molar-refractivity contribution is 5.36. The minimum Gasteiger partial charge on any atom is -0.508 e. The van der Waals surface area contributed by atoms with E-state index < -0.39 is 0 Å². The summed E-state index contributed by atoms with van der Waals surface area (Å²) in [5.74, 6) is 0.753. The Balaban J connectivity index is 2.97. The van der Waals surface area contributed by atoms with Crippen LogP contribution >= 0.6 is 0 Å². The van der Waals surface area contributed by atoms with E-state index in [4.69, 9.17) is 5.73 Å². The molecular formula is C11H17NO. The lowest BCUT2D eigenvalue weighted by Crippen LogP contribution is -2.16. The molecule has 13 heavy (non-hydrogen) atoms. The molecule has 72 valence electrons. The molecule has 0 saturated carbocycles. The van der Waals surface area contributed by atoms with Gasteiger partial charge in [-0.25, -0.2) is 0 Å². The van der Waals surface area contributed by atoms with Crippen molar-refractivity contribution in [3.8, 4) is 5.75 Å². The first-order valence-electron chi connectivity index (χ1n) is 4.57.